The van der Waals surface area contributed by atoms with Crippen molar-refractivity contribution in [2.24, 2.45) is 23.2 Å². The second-order valence-corrected chi connectivity index (χ2v) is 9.18. The van der Waals surface area contributed by atoms with Crippen molar-refractivity contribution in [3.05, 3.63) is 33.9 Å². The predicted octanol–water partition coefficient (Wildman–Crippen LogP) is 3.05. The summed E-state index contributed by atoms with van der Waals surface area (Å²) in [6, 6.07) is 3.73. The van der Waals surface area contributed by atoms with E-state index in [1.165, 1.54) is 50.7 Å². The predicted molar refractivity (Wildman–Crippen MR) is 106 cm³/mol. The van der Waals surface area contributed by atoms with Crippen molar-refractivity contribution in [2.75, 3.05) is 12.3 Å². The Bertz CT molecular complexity index is 817. The molecule has 4 aliphatic carbocycles. The number of amides is 1. The minimum atomic E-state index is -0.786. The maximum atomic E-state index is 12.4. The van der Waals surface area contributed by atoms with E-state index in [0.29, 0.717) is 0 Å². The number of carbonyl (C=O) groups is 2. The Morgan fingerprint density at radius 1 is 1.24 bits per heavy atom. The highest BCUT2D eigenvalue weighted by atomic mass is 16.6. The van der Waals surface area contributed by atoms with E-state index < -0.39 is 17.5 Å². The number of benzene rings is 1. The molecule has 0 aliphatic heterocycles. The highest BCUT2D eigenvalue weighted by Crippen LogP contribution is 2.61. The monoisotopic (exact) mass is 401 g/mol. The Morgan fingerprint density at radius 3 is 2.38 bits per heavy atom. The lowest BCUT2D eigenvalue weighted by Gasteiger charge is -2.59. The molecule has 1 amide bonds. The number of nitrogens with zero attached hydrogens (tertiary/aromatic N) is 1. The number of anilines is 1. The van der Waals surface area contributed by atoms with Gasteiger partial charge in [0.1, 0.15) is 5.69 Å². The number of nitro groups is 1. The number of hydrogen-bond acceptors (Lipinski definition) is 6. The summed E-state index contributed by atoms with van der Waals surface area (Å²) >= 11 is 0. The molecule has 4 saturated carbocycles. The van der Waals surface area contributed by atoms with Gasteiger partial charge in [-0.1, -0.05) is 0 Å². The molecule has 0 radical (unpaired) electrons. The second kappa shape index (κ2) is 7.31. The highest BCUT2D eigenvalue weighted by Gasteiger charge is 2.53. The number of rotatable bonds is 6. The van der Waals surface area contributed by atoms with Gasteiger partial charge < -0.3 is 15.8 Å². The van der Waals surface area contributed by atoms with E-state index in [1.807, 2.05) is 0 Å². The van der Waals surface area contributed by atoms with Gasteiger partial charge in [0.05, 0.1) is 10.5 Å². The van der Waals surface area contributed by atoms with Crippen LogP contribution in [0.2, 0.25) is 0 Å². The molecule has 1 atom stereocenters. The average Bonchev–Trinajstić information content (AvgIpc) is 2.65. The summed E-state index contributed by atoms with van der Waals surface area (Å²) in [5, 5.41) is 14.0. The van der Waals surface area contributed by atoms with Gasteiger partial charge >= 0.3 is 5.97 Å². The van der Waals surface area contributed by atoms with E-state index in [2.05, 4.69) is 12.2 Å². The Labute approximate surface area is 169 Å². The van der Waals surface area contributed by atoms with Crippen LogP contribution in [0, 0.1) is 33.3 Å². The second-order valence-electron chi connectivity index (χ2n) is 9.18. The molecule has 0 spiro atoms. The van der Waals surface area contributed by atoms with Gasteiger partial charge in [0, 0.05) is 12.1 Å². The first kappa shape index (κ1) is 19.7. The van der Waals surface area contributed by atoms with E-state index in [-0.39, 0.29) is 34.3 Å². The molecule has 8 nitrogen and oxygen atoms in total. The summed E-state index contributed by atoms with van der Waals surface area (Å²) in [6.45, 7) is 1.66. The lowest BCUT2D eigenvalue weighted by molar-refractivity contribution is -0.383. The minimum absolute atomic E-state index is 0.00664. The zero-order chi connectivity index (χ0) is 20.8. The molecule has 1 aromatic carbocycles. The molecule has 4 aliphatic rings. The normalized spacial score (nSPS) is 30.6. The van der Waals surface area contributed by atoms with E-state index in [0.717, 1.165) is 23.8 Å². The fourth-order valence-electron chi connectivity index (χ4n) is 6.19. The maximum absolute atomic E-state index is 12.4. The third kappa shape index (κ3) is 3.80. The fraction of sp³-hybridized carbons (Fsp3) is 0.619. The van der Waals surface area contributed by atoms with Crippen LogP contribution >= 0.6 is 0 Å². The van der Waals surface area contributed by atoms with Gasteiger partial charge in [0.25, 0.3) is 11.6 Å². The first-order valence-electron chi connectivity index (χ1n) is 10.3. The number of hydrogen-bond donors (Lipinski definition) is 2. The summed E-state index contributed by atoms with van der Waals surface area (Å²) in [4.78, 5) is 34.9. The molecule has 1 aromatic rings. The van der Waals surface area contributed by atoms with E-state index >= 15 is 0 Å². The first-order valence-corrected chi connectivity index (χ1v) is 10.3. The molecule has 0 unspecified atom stereocenters. The van der Waals surface area contributed by atoms with Crippen LogP contribution in [0.15, 0.2) is 18.2 Å². The molecule has 8 heteroatoms. The Balaban J connectivity index is 1.33. The van der Waals surface area contributed by atoms with Crippen LogP contribution in [0.4, 0.5) is 11.4 Å². The third-order valence-corrected chi connectivity index (χ3v) is 7.18. The first-order chi connectivity index (χ1) is 13.8. The molecule has 0 aromatic heterocycles. The standard InChI is InChI=1S/C21H27N3O5/c1-12(21-8-13-4-14(9-21)6-15(5-13)10-21)23-19(25)11-29-20(26)16-2-3-17(22)18(7-16)24(27)28/h2-3,7,12-15H,4-6,8-11,22H2,1H3,(H,23,25)/t12-,13?,14?,15?,21?/m0/s1. The van der Waals surface area contributed by atoms with E-state index in [4.69, 9.17) is 10.5 Å². The number of nitrogens with two attached hydrogens (primary N) is 1. The maximum Gasteiger partial charge on any atom is 0.338 e. The zero-order valence-corrected chi connectivity index (χ0v) is 16.6. The molecule has 0 heterocycles. The van der Waals surface area contributed by atoms with E-state index in [1.54, 1.807) is 0 Å². The molecular formula is C21H27N3O5. The Morgan fingerprint density at radius 2 is 1.83 bits per heavy atom. The third-order valence-electron chi connectivity index (χ3n) is 7.18. The number of nitrogen functional groups attached to an aromatic ring is 1. The van der Waals surface area contributed by atoms with E-state index in [9.17, 15) is 19.7 Å². The summed E-state index contributed by atoms with van der Waals surface area (Å²) in [5.74, 6) is 1.25. The summed E-state index contributed by atoms with van der Waals surface area (Å²) in [7, 11) is 0. The molecule has 4 bridgehead atoms. The molecule has 3 N–H and O–H groups in total. The van der Waals surface area contributed by atoms with Gasteiger partial charge in [-0.15, -0.1) is 0 Å². The summed E-state index contributed by atoms with van der Waals surface area (Å²) in [6.07, 6.45) is 7.54. The number of carbonyl (C=O) groups excluding carboxylic acids is 2. The lowest BCUT2D eigenvalue weighted by Crippen LogP contribution is -2.56. The van der Waals surface area contributed by atoms with Crippen molar-refractivity contribution in [3.8, 4) is 0 Å². The summed E-state index contributed by atoms with van der Waals surface area (Å²) < 4.78 is 5.07. The van der Waals surface area contributed by atoms with Crippen LogP contribution in [0.1, 0.15) is 55.8 Å². The van der Waals surface area contributed by atoms with Gasteiger partial charge in [0.2, 0.25) is 0 Å². The molecular weight excluding hydrogens is 374 g/mol. The fourth-order valence-corrected chi connectivity index (χ4v) is 6.19. The van der Waals surface area contributed by atoms with Crippen LogP contribution in [-0.4, -0.2) is 29.4 Å². The number of ether oxygens (including phenoxy) is 1. The largest absolute Gasteiger partial charge is 0.452 e. The Hall–Kier alpha value is -2.64. The van der Waals surface area contributed by atoms with Crippen LogP contribution in [-0.2, 0) is 9.53 Å². The van der Waals surface area contributed by atoms with Gasteiger partial charge in [-0.25, -0.2) is 4.79 Å². The molecule has 5 rings (SSSR count). The summed E-state index contributed by atoms with van der Waals surface area (Å²) in [5.41, 5.74) is 5.30. The Kier molecular flexibility index (Phi) is 4.96. The van der Waals surface area contributed by atoms with Crippen molar-refractivity contribution >= 4 is 23.3 Å². The number of esters is 1. The number of nitrogens with one attached hydrogen (secondary N) is 1. The zero-order valence-electron chi connectivity index (χ0n) is 16.6. The van der Waals surface area contributed by atoms with Crippen molar-refractivity contribution in [2.45, 2.75) is 51.5 Å². The van der Waals surface area contributed by atoms with Crippen molar-refractivity contribution < 1.29 is 19.2 Å². The smallest absolute Gasteiger partial charge is 0.338 e. The molecule has 29 heavy (non-hydrogen) atoms. The van der Waals surface area contributed by atoms with Crippen molar-refractivity contribution in [3.63, 3.8) is 0 Å². The van der Waals surface area contributed by atoms with Crippen molar-refractivity contribution in [1.82, 2.24) is 5.32 Å². The average molecular weight is 401 g/mol. The topological polar surface area (TPSA) is 125 Å². The molecule has 4 fully saturated rings. The number of nitro benzene ring substituents is 1. The van der Waals surface area contributed by atoms with Gasteiger partial charge in [-0.05, 0) is 80.8 Å². The quantitative estimate of drug-likeness (QED) is 0.327. The molecule has 0 saturated heterocycles. The SMILES string of the molecule is C[C@H](NC(=O)COC(=O)c1ccc(N)c([N+](=O)[O-])c1)C12CC3CC(CC(C3)C1)C2. The van der Waals surface area contributed by atoms with Crippen molar-refractivity contribution in [1.29, 1.82) is 0 Å². The van der Waals surface area contributed by atoms with Crippen LogP contribution in [0.25, 0.3) is 0 Å². The van der Waals surface area contributed by atoms with Crippen LogP contribution in [0.5, 0.6) is 0 Å². The highest BCUT2D eigenvalue weighted by molar-refractivity contribution is 5.92. The van der Waals surface area contributed by atoms with Crippen LogP contribution < -0.4 is 11.1 Å². The lowest BCUT2D eigenvalue weighted by atomic mass is 9.48. The minimum Gasteiger partial charge on any atom is -0.452 e. The van der Waals surface area contributed by atoms with Crippen LogP contribution in [0.3, 0.4) is 0 Å². The van der Waals surface area contributed by atoms with Gasteiger partial charge in [0.15, 0.2) is 6.61 Å². The van der Waals surface area contributed by atoms with Gasteiger partial charge in [-0.2, -0.15) is 0 Å². The molecule has 156 valence electrons. The van der Waals surface area contributed by atoms with Gasteiger partial charge in [-0.3, -0.25) is 14.9 Å².